The molecule has 88 valence electrons. The lowest BCUT2D eigenvalue weighted by Crippen LogP contribution is -2.02. The zero-order valence-electron chi connectivity index (χ0n) is 9.24. The predicted octanol–water partition coefficient (Wildman–Crippen LogP) is 1.94. The fourth-order valence-electron chi connectivity index (χ4n) is 1.68. The van der Waals surface area contributed by atoms with Gasteiger partial charge in [-0.1, -0.05) is 0 Å². The molecule has 0 aromatic carbocycles. The first kappa shape index (κ1) is 10.6. The second-order valence-electron chi connectivity index (χ2n) is 3.97. The van der Waals surface area contributed by atoms with Crippen molar-refractivity contribution in [3.8, 4) is 11.5 Å². The molecular formula is C10H11BrN6. The molecule has 17 heavy (non-hydrogen) atoms. The Kier molecular flexibility index (Phi) is 2.54. The number of halogens is 1. The van der Waals surface area contributed by atoms with Crippen LogP contribution in [0.5, 0.6) is 0 Å². The quantitative estimate of drug-likeness (QED) is 0.904. The first-order valence-corrected chi connectivity index (χ1v) is 6.20. The molecule has 0 amide bonds. The molecule has 0 radical (unpaired) electrons. The smallest absolute Gasteiger partial charge is 0.184 e. The van der Waals surface area contributed by atoms with Crippen LogP contribution in [-0.2, 0) is 0 Å². The van der Waals surface area contributed by atoms with Gasteiger partial charge in [0.25, 0.3) is 0 Å². The number of nitrogens with one attached hydrogen (secondary N) is 2. The molecular weight excluding hydrogens is 284 g/mol. The number of aromatic amines is 1. The summed E-state index contributed by atoms with van der Waals surface area (Å²) in [6, 6.07) is 0. The molecule has 1 aliphatic carbocycles. The third-order valence-corrected chi connectivity index (χ3v) is 3.50. The van der Waals surface area contributed by atoms with E-state index in [0.29, 0.717) is 17.4 Å². The normalized spacial score (nSPS) is 14.9. The van der Waals surface area contributed by atoms with E-state index >= 15 is 0 Å². The molecule has 2 N–H and O–H groups in total. The molecule has 2 aromatic rings. The molecule has 1 saturated carbocycles. The zero-order valence-corrected chi connectivity index (χ0v) is 10.8. The van der Waals surface area contributed by atoms with Gasteiger partial charge >= 0.3 is 0 Å². The molecule has 0 atom stereocenters. The van der Waals surface area contributed by atoms with Crippen LogP contribution in [0, 0.1) is 0 Å². The van der Waals surface area contributed by atoms with Crippen LogP contribution in [0.25, 0.3) is 11.5 Å². The largest absolute Gasteiger partial charge is 0.372 e. The third-order valence-electron chi connectivity index (χ3n) is 2.72. The van der Waals surface area contributed by atoms with Crippen molar-refractivity contribution in [2.45, 2.75) is 18.8 Å². The van der Waals surface area contributed by atoms with Crippen LogP contribution in [0.1, 0.15) is 24.5 Å². The van der Waals surface area contributed by atoms with E-state index in [1.54, 1.807) is 6.20 Å². The Labute approximate surface area is 106 Å². The van der Waals surface area contributed by atoms with Crippen molar-refractivity contribution in [3.63, 3.8) is 0 Å². The van der Waals surface area contributed by atoms with E-state index in [0.717, 1.165) is 16.0 Å². The van der Waals surface area contributed by atoms with Crippen LogP contribution in [0.3, 0.4) is 0 Å². The van der Waals surface area contributed by atoms with Gasteiger partial charge in [-0.05, 0) is 28.8 Å². The van der Waals surface area contributed by atoms with Gasteiger partial charge in [0.2, 0.25) is 0 Å². The van der Waals surface area contributed by atoms with Gasteiger partial charge in [-0.25, -0.2) is 9.97 Å². The molecule has 0 bridgehead atoms. The highest BCUT2D eigenvalue weighted by atomic mass is 79.9. The SMILES string of the molecule is CNc1nc(-c2cn[nH]n2)nc(C2CC2)c1Br. The molecule has 6 nitrogen and oxygen atoms in total. The summed E-state index contributed by atoms with van der Waals surface area (Å²) in [5, 5.41) is 13.4. The Bertz CT molecular complexity index is 534. The summed E-state index contributed by atoms with van der Waals surface area (Å²) in [7, 11) is 1.84. The summed E-state index contributed by atoms with van der Waals surface area (Å²) < 4.78 is 0.953. The van der Waals surface area contributed by atoms with Crippen LogP contribution < -0.4 is 5.32 Å². The monoisotopic (exact) mass is 294 g/mol. The highest BCUT2D eigenvalue weighted by Crippen LogP contribution is 2.44. The third kappa shape index (κ3) is 1.90. The minimum absolute atomic E-state index is 0.546. The Morgan fingerprint density at radius 3 is 2.82 bits per heavy atom. The maximum Gasteiger partial charge on any atom is 0.184 e. The Balaban J connectivity index is 2.13. The Hall–Kier alpha value is -1.50. The lowest BCUT2D eigenvalue weighted by molar-refractivity contribution is 0.931. The fourth-order valence-corrected chi connectivity index (χ4v) is 2.38. The van der Waals surface area contributed by atoms with E-state index in [9.17, 15) is 0 Å². The molecule has 0 unspecified atom stereocenters. The number of anilines is 1. The van der Waals surface area contributed by atoms with Crippen molar-refractivity contribution >= 4 is 21.7 Å². The van der Waals surface area contributed by atoms with E-state index in [1.807, 2.05) is 7.05 Å². The Morgan fingerprint density at radius 1 is 1.41 bits per heavy atom. The van der Waals surface area contributed by atoms with Crippen LogP contribution in [0.4, 0.5) is 5.82 Å². The number of rotatable bonds is 3. The van der Waals surface area contributed by atoms with Gasteiger partial charge in [0.15, 0.2) is 5.82 Å². The van der Waals surface area contributed by atoms with Gasteiger partial charge in [0, 0.05) is 13.0 Å². The molecule has 0 aliphatic heterocycles. The average molecular weight is 295 g/mol. The summed E-state index contributed by atoms with van der Waals surface area (Å²) in [6.45, 7) is 0. The van der Waals surface area contributed by atoms with Gasteiger partial charge in [-0.2, -0.15) is 15.4 Å². The fraction of sp³-hybridized carbons (Fsp3) is 0.400. The zero-order chi connectivity index (χ0) is 11.8. The topological polar surface area (TPSA) is 79.4 Å². The van der Waals surface area contributed by atoms with Crippen molar-refractivity contribution in [3.05, 3.63) is 16.4 Å². The van der Waals surface area contributed by atoms with Crippen molar-refractivity contribution in [1.82, 2.24) is 25.4 Å². The molecule has 0 spiro atoms. The molecule has 1 aliphatic rings. The number of hydrogen-bond acceptors (Lipinski definition) is 5. The molecule has 2 heterocycles. The summed E-state index contributed by atoms with van der Waals surface area (Å²) in [4.78, 5) is 8.98. The maximum absolute atomic E-state index is 4.56. The minimum Gasteiger partial charge on any atom is -0.372 e. The number of hydrogen-bond donors (Lipinski definition) is 2. The van der Waals surface area contributed by atoms with E-state index in [-0.39, 0.29) is 0 Å². The van der Waals surface area contributed by atoms with Gasteiger partial charge in [-0.15, -0.1) is 0 Å². The van der Waals surface area contributed by atoms with Crippen LogP contribution in [0.15, 0.2) is 10.7 Å². The van der Waals surface area contributed by atoms with Crippen LogP contribution in [-0.4, -0.2) is 32.4 Å². The van der Waals surface area contributed by atoms with E-state index < -0.39 is 0 Å². The highest BCUT2D eigenvalue weighted by molar-refractivity contribution is 9.10. The summed E-state index contributed by atoms with van der Waals surface area (Å²) in [5.41, 5.74) is 1.72. The van der Waals surface area contributed by atoms with Gasteiger partial charge in [0.05, 0.1) is 16.4 Å². The Morgan fingerprint density at radius 2 is 2.24 bits per heavy atom. The first-order chi connectivity index (χ1) is 8.29. The summed E-state index contributed by atoms with van der Waals surface area (Å²) >= 11 is 3.55. The molecule has 3 rings (SSSR count). The van der Waals surface area contributed by atoms with E-state index in [4.69, 9.17) is 0 Å². The average Bonchev–Trinajstić information content (AvgIpc) is 3.04. The summed E-state index contributed by atoms with van der Waals surface area (Å²) in [6.07, 6.45) is 4.01. The molecule has 1 fully saturated rings. The second kappa shape index (κ2) is 4.06. The van der Waals surface area contributed by atoms with Gasteiger partial charge < -0.3 is 5.32 Å². The highest BCUT2D eigenvalue weighted by Gasteiger charge is 2.29. The van der Waals surface area contributed by atoms with Crippen LogP contribution >= 0.6 is 15.9 Å². The van der Waals surface area contributed by atoms with Gasteiger partial charge in [0.1, 0.15) is 11.5 Å². The van der Waals surface area contributed by atoms with Crippen molar-refractivity contribution < 1.29 is 0 Å². The standard InChI is InChI=1S/C10H11BrN6/c1-12-10-7(11)8(5-2-3-5)14-9(15-10)6-4-13-17-16-6/h4-5H,2-3H2,1H3,(H,12,14,15)(H,13,16,17). The lowest BCUT2D eigenvalue weighted by atomic mass is 10.2. The van der Waals surface area contributed by atoms with Crippen LogP contribution in [0.2, 0.25) is 0 Å². The summed E-state index contributed by atoms with van der Waals surface area (Å²) in [5.74, 6) is 1.94. The molecule has 7 heteroatoms. The second-order valence-corrected chi connectivity index (χ2v) is 4.77. The van der Waals surface area contributed by atoms with E-state index in [1.165, 1.54) is 12.8 Å². The van der Waals surface area contributed by atoms with E-state index in [2.05, 4.69) is 46.6 Å². The molecule has 2 aromatic heterocycles. The molecule has 0 saturated heterocycles. The predicted molar refractivity (Wildman–Crippen MR) is 66.6 cm³/mol. The minimum atomic E-state index is 0.546. The van der Waals surface area contributed by atoms with Crippen molar-refractivity contribution in [1.29, 1.82) is 0 Å². The number of aromatic nitrogens is 5. The first-order valence-electron chi connectivity index (χ1n) is 5.41. The number of H-pyrrole nitrogens is 1. The van der Waals surface area contributed by atoms with Gasteiger partial charge in [-0.3, -0.25) is 0 Å². The maximum atomic E-state index is 4.56. The van der Waals surface area contributed by atoms with Crippen molar-refractivity contribution in [2.75, 3.05) is 12.4 Å². The lowest BCUT2D eigenvalue weighted by Gasteiger charge is -2.09. The van der Waals surface area contributed by atoms with Crippen molar-refractivity contribution in [2.24, 2.45) is 0 Å². The number of nitrogens with zero attached hydrogens (tertiary/aromatic N) is 4.